The van der Waals surface area contributed by atoms with Gasteiger partial charge < -0.3 is 34.8 Å². The van der Waals surface area contributed by atoms with Crippen molar-refractivity contribution in [1.82, 2.24) is 15.0 Å². The third-order valence-electron chi connectivity index (χ3n) is 6.95. The van der Waals surface area contributed by atoms with Crippen molar-refractivity contribution in [2.75, 3.05) is 43.9 Å². The molecule has 2 heterocycles. The van der Waals surface area contributed by atoms with Gasteiger partial charge in [0.2, 0.25) is 0 Å². The highest BCUT2D eigenvalue weighted by molar-refractivity contribution is 6.03. The monoisotopic (exact) mass is 499 g/mol. The fourth-order valence-electron chi connectivity index (χ4n) is 4.58. The van der Waals surface area contributed by atoms with E-state index in [1.807, 2.05) is 6.92 Å². The van der Waals surface area contributed by atoms with E-state index in [1.165, 1.54) is 12.8 Å². The second-order valence-corrected chi connectivity index (χ2v) is 10.3. The van der Waals surface area contributed by atoms with Gasteiger partial charge in [-0.2, -0.15) is 0 Å². The normalized spacial score (nSPS) is 20.9. The number of carbonyl (C=O) groups excluding carboxylic acids is 2. The fourth-order valence-corrected chi connectivity index (χ4v) is 4.58. The number of anilines is 2. The first-order valence-electron chi connectivity index (χ1n) is 12.6. The third-order valence-corrected chi connectivity index (χ3v) is 6.95. The van der Waals surface area contributed by atoms with Gasteiger partial charge in [0.15, 0.2) is 5.76 Å². The van der Waals surface area contributed by atoms with Gasteiger partial charge in [-0.25, -0.2) is 4.79 Å². The van der Waals surface area contributed by atoms with Crippen LogP contribution >= 0.6 is 0 Å². The SMILES string of the molecule is Cc1noc(C)c1NC(=O)Nc1ccc2c(c1)C(=O)N([C@@H](C)CO)C[C@H](C)[C@H](CN(C)CC1CC1)O2. The van der Waals surface area contributed by atoms with Crippen LogP contribution in [0.25, 0.3) is 0 Å². The van der Waals surface area contributed by atoms with Gasteiger partial charge in [0.1, 0.15) is 23.2 Å². The van der Waals surface area contributed by atoms with Crippen LogP contribution in [-0.2, 0) is 0 Å². The number of amides is 3. The lowest BCUT2D eigenvalue weighted by Crippen LogP contribution is -2.50. The molecule has 1 fully saturated rings. The highest BCUT2D eigenvalue weighted by atomic mass is 16.5. The molecule has 10 heteroatoms. The minimum Gasteiger partial charge on any atom is -0.488 e. The van der Waals surface area contributed by atoms with E-state index in [2.05, 4.69) is 34.7 Å². The summed E-state index contributed by atoms with van der Waals surface area (Å²) in [4.78, 5) is 30.2. The Bertz CT molecular complexity index is 1080. The Morgan fingerprint density at radius 2 is 2.03 bits per heavy atom. The van der Waals surface area contributed by atoms with E-state index in [4.69, 9.17) is 9.26 Å². The molecule has 4 rings (SSSR count). The number of carbonyl (C=O) groups is 2. The summed E-state index contributed by atoms with van der Waals surface area (Å²) in [5, 5.41) is 19.2. The Hall–Kier alpha value is -3.11. The molecule has 0 bridgehead atoms. The number of hydrogen-bond donors (Lipinski definition) is 3. The summed E-state index contributed by atoms with van der Waals surface area (Å²) in [6, 6.07) is 4.25. The van der Waals surface area contributed by atoms with E-state index < -0.39 is 6.03 Å². The lowest BCUT2D eigenvalue weighted by molar-refractivity contribution is 0.0344. The number of rotatable bonds is 8. The average Bonchev–Trinajstić information content (AvgIpc) is 3.60. The van der Waals surface area contributed by atoms with E-state index in [0.29, 0.717) is 40.7 Å². The molecule has 3 amide bonds. The summed E-state index contributed by atoms with van der Waals surface area (Å²) in [7, 11) is 2.11. The molecule has 36 heavy (non-hydrogen) atoms. The number of aliphatic hydroxyl groups is 1. The zero-order valence-electron chi connectivity index (χ0n) is 21.7. The van der Waals surface area contributed by atoms with Crippen LogP contribution in [0.3, 0.4) is 0 Å². The molecule has 0 radical (unpaired) electrons. The predicted octanol–water partition coefficient (Wildman–Crippen LogP) is 3.50. The van der Waals surface area contributed by atoms with Gasteiger partial charge in [0, 0.05) is 31.2 Å². The summed E-state index contributed by atoms with van der Waals surface area (Å²) in [5.41, 5.74) is 1.88. The number of likely N-dealkylation sites (N-methyl/N-ethyl adjacent to an activating group) is 1. The smallest absolute Gasteiger partial charge is 0.323 e. The first-order valence-corrected chi connectivity index (χ1v) is 12.6. The number of hydrogen-bond acceptors (Lipinski definition) is 7. The van der Waals surface area contributed by atoms with Gasteiger partial charge in [0.05, 0.1) is 18.2 Å². The molecule has 10 nitrogen and oxygen atoms in total. The van der Waals surface area contributed by atoms with Crippen molar-refractivity contribution in [3.05, 3.63) is 35.2 Å². The summed E-state index contributed by atoms with van der Waals surface area (Å²) < 4.78 is 11.5. The Balaban J connectivity index is 1.57. The summed E-state index contributed by atoms with van der Waals surface area (Å²) in [6.45, 7) is 9.48. The zero-order chi connectivity index (χ0) is 26.0. The maximum atomic E-state index is 13.6. The van der Waals surface area contributed by atoms with E-state index in [0.717, 1.165) is 19.0 Å². The van der Waals surface area contributed by atoms with Gasteiger partial charge in [0.25, 0.3) is 5.91 Å². The van der Waals surface area contributed by atoms with Crippen LogP contribution in [0.15, 0.2) is 22.7 Å². The molecule has 1 aromatic heterocycles. The highest BCUT2D eigenvalue weighted by Gasteiger charge is 2.34. The molecule has 1 aliphatic carbocycles. The molecule has 3 atom stereocenters. The van der Waals surface area contributed by atoms with Gasteiger partial charge in [-0.15, -0.1) is 0 Å². The molecule has 1 aliphatic heterocycles. The van der Waals surface area contributed by atoms with Crippen molar-refractivity contribution in [3.8, 4) is 5.75 Å². The summed E-state index contributed by atoms with van der Waals surface area (Å²) >= 11 is 0. The number of urea groups is 1. The standard InChI is InChI=1S/C26H37N5O5/c1-15-11-31(16(2)14-32)25(33)21-10-20(27-26(34)28-24-17(3)29-36-18(24)4)8-9-22(21)35-23(15)13-30(5)12-19-6-7-19/h8-10,15-16,19,23,32H,6-7,11-14H2,1-5H3,(H2,27,28,34)/t15-,16-,23-/m0/s1. The second kappa shape index (κ2) is 10.9. The first kappa shape index (κ1) is 26.0. The number of nitrogens with zero attached hydrogens (tertiary/aromatic N) is 3. The Labute approximate surface area is 211 Å². The van der Waals surface area contributed by atoms with E-state index in [9.17, 15) is 14.7 Å². The Morgan fingerprint density at radius 1 is 1.28 bits per heavy atom. The number of benzene rings is 1. The van der Waals surface area contributed by atoms with Crippen LogP contribution in [0.5, 0.6) is 5.75 Å². The van der Waals surface area contributed by atoms with Crippen molar-refractivity contribution < 1.29 is 24.0 Å². The average molecular weight is 500 g/mol. The third kappa shape index (κ3) is 5.99. The molecule has 2 aromatic rings. The van der Waals surface area contributed by atoms with Crippen LogP contribution in [-0.4, -0.2) is 77.4 Å². The van der Waals surface area contributed by atoms with Gasteiger partial charge in [-0.05, 0) is 64.8 Å². The highest BCUT2D eigenvalue weighted by Crippen LogP contribution is 2.32. The largest absolute Gasteiger partial charge is 0.488 e. The first-order chi connectivity index (χ1) is 17.2. The maximum absolute atomic E-state index is 13.6. The summed E-state index contributed by atoms with van der Waals surface area (Å²) in [6.07, 6.45) is 2.43. The van der Waals surface area contributed by atoms with Crippen molar-refractivity contribution >= 4 is 23.3 Å². The molecule has 196 valence electrons. The lowest BCUT2D eigenvalue weighted by Gasteiger charge is -2.38. The Morgan fingerprint density at radius 3 is 2.67 bits per heavy atom. The van der Waals surface area contributed by atoms with Crippen molar-refractivity contribution in [1.29, 1.82) is 0 Å². The van der Waals surface area contributed by atoms with E-state index in [-0.39, 0.29) is 30.6 Å². The molecular formula is C26H37N5O5. The molecule has 0 spiro atoms. The molecule has 0 saturated heterocycles. The van der Waals surface area contributed by atoms with E-state index >= 15 is 0 Å². The van der Waals surface area contributed by atoms with Crippen LogP contribution < -0.4 is 15.4 Å². The minimum atomic E-state index is -0.475. The molecule has 3 N–H and O–H groups in total. The van der Waals surface area contributed by atoms with Gasteiger partial charge >= 0.3 is 6.03 Å². The van der Waals surface area contributed by atoms with Crippen molar-refractivity contribution in [3.63, 3.8) is 0 Å². The summed E-state index contributed by atoms with van der Waals surface area (Å²) in [5.74, 6) is 1.58. The number of aliphatic hydroxyl groups excluding tert-OH is 1. The van der Waals surface area contributed by atoms with Gasteiger partial charge in [-0.3, -0.25) is 4.79 Å². The van der Waals surface area contributed by atoms with Crippen LogP contribution in [0.2, 0.25) is 0 Å². The number of aromatic nitrogens is 1. The zero-order valence-corrected chi connectivity index (χ0v) is 21.7. The predicted molar refractivity (Wildman–Crippen MR) is 136 cm³/mol. The number of ether oxygens (including phenoxy) is 1. The maximum Gasteiger partial charge on any atom is 0.323 e. The number of fused-ring (bicyclic) bond motifs is 1. The fraction of sp³-hybridized carbons (Fsp3) is 0.577. The van der Waals surface area contributed by atoms with Crippen LogP contribution in [0, 0.1) is 25.7 Å². The molecule has 1 aromatic carbocycles. The molecular weight excluding hydrogens is 462 g/mol. The van der Waals surface area contributed by atoms with Crippen molar-refractivity contribution in [2.45, 2.75) is 52.7 Å². The number of nitrogens with one attached hydrogen (secondary N) is 2. The molecule has 1 saturated carbocycles. The van der Waals surface area contributed by atoms with E-state index in [1.54, 1.807) is 36.9 Å². The molecule has 0 unspecified atom stereocenters. The Kier molecular flexibility index (Phi) is 7.85. The molecule has 2 aliphatic rings. The van der Waals surface area contributed by atoms with Crippen LogP contribution in [0.1, 0.15) is 48.5 Å². The quantitative estimate of drug-likeness (QED) is 0.508. The minimum absolute atomic E-state index is 0.0661. The number of aryl methyl sites for hydroxylation is 2. The topological polar surface area (TPSA) is 120 Å². The van der Waals surface area contributed by atoms with Crippen LogP contribution in [0.4, 0.5) is 16.2 Å². The van der Waals surface area contributed by atoms with Gasteiger partial charge in [-0.1, -0.05) is 12.1 Å². The lowest BCUT2D eigenvalue weighted by atomic mass is 9.99. The second-order valence-electron chi connectivity index (χ2n) is 10.3. The van der Waals surface area contributed by atoms with Crippen molar-refractivity contribution in [2.24, 2.45) is 11.8 Å².